The standard InChI is InChI=1S/C24H40O10S/c1-21-9-11-22(12-10-21)35(26,27)33-19-17-30-20-32-31-18-16-29-15-14-28-13-7-5-6-8-23(25)34-24(2,3)4/h9-12H,5-8,13-20H2,1-4H3. The maximum absolute atomic E-state index is 12.0. The lowest BCUT2D eigenvalue weighted by molar-refractivity contribution is -0.339. The van der Waals surface area contributed by atoms with Crippen molar-refractivity contribution in [1.82, 2.24) is 0 Å². The largest absolute Gasteiger partial charge is 0.460 e. The third kappa shape index (κ3) is 17.5. The quantitative estimate of drug-likeness (QED) is 0.0631. The molecule has 1 rings (SSSR count). The van der Waals surface area contributed by atoms with Gasteiger partial charge in [0, 0.05) is 13.0 Å². The molecule has 0 fully saturated rings. The van der Waals surface area contributed by atoms with Crippen molar-refractivity contribution < 1.29 is 46.1 Å². The molecule has 0 saturated heterocycles. The van der Waals surface area contributed by atoms with Crippen molar-refractivity contribution in [3.05, 3.63) is 29.8 Å². The van der Waals surface area contributed by atoms with Crippen molar-refractivity contribution in [3.63, 3.8) is 0 Å². The Balaban J connectivity index is 1.82. The van der Waals surface area contributed by atoms with Gasteiger partial charge in [0.15, 0.2) is 6.79 Å². The van der Waals surface area contributed by atoms with Crippen LogP contribution in [-0.4, -0.2) is 73.0 Å². The number of hydrogen-bond donors (Lipinski definition) is 0. The molecule has 35 heavy (non-hydrogen) atoms. The molecule has 202 valence electrons. The molecule has 0 aromatic heterocycles. The van der Waals surface area contributed by atoms with Crippen LogP contribution in [0.25, 0.3) is 0 Å². The number of rotatable bonds is 20. The molecule has 0 heterocycles. The average Bonchev–Trinajstić information content (AvgIpc) is 2.77. The molecule has 0 spiro atoms. The lowest BCUT2D eigenvalue weighted by Crippen LogP contribution is -2.23. The molecule has 0 aliphatic carbocycles. The third-order valence-corrected chi connectivity index (χ3v) is 5.59. The Bertz CT molecular complexity index is 788. The summed E-state index contributed by atoms with van der Waals surface area (Å²) in [5.74, 6) is -0.164. The zero-order valence-electron chi connectivity index (χ0n) is 21.3. The first kappa shape index (κ1) is 31.4. The highest BCUT2D eigenvalue weighted by Gasteiger charge is 2.15. The molecular weight excluding hydrogens is 480 g/mol. The Morgan fingerprint density at radius 1 is 0.771 bits per heavy atom. The van der Waals surface area contributed by atoms with E-state index < -0.39 is 15.7 Å². The van der Waals surface area contributed by atoms with Crippen molar-refractivity contribution in [2.45, 2.75) is 63.9 Å². The van der Waals surface area contributed by atoms with Gasteiger partial charge >= 0.3 is 5.97 Å². The van der Waals surface area contributed by atoms with Crippen LogP contribution in [0.1, 0.15) is 52.0 Å². The van der Waals surface area contributed by atoms with Gasteiger partial charge in [0.25, 0.3) is 10.1 Å². The fourth-order valence-electron chi connectivity index (χ4n) is 2.62. The van der Waals surface area contributed by atoms with Gasteiger partial charge in [-0.2, -0.15) is 8.42 Å². The van der Waals surface area contributed by atoms with E-state index in [0.29, 0.717) is 32.8 Å². The molecule has 11 heteroatoms. The van der Waals surface area contributed by atoms with Gasteiger partial charge in [0.05, 0.1) is 37.9 Å². The van der Waals surface area contributed by atoms with E-state index in [4.69, 9.17) is 32.9 Å². The van der Waals surface area contributed by atoms with Crippen molar-refractivity contribution in [2.75, 3.05) is 53.0 Å². The van der Waals surface area contributed by atoms with Gasteiger partial charge in [-0.15, -0.1) is 0 Å². The monoisotopic (exact) mass is 520 g/mol. The van der Waals surface area contributed by atoms with E-state index in [9.17, 15) is 13.2 Å². The second kappa shape index (κ2) is 17.8. The molecule has 1 aromatic carbocycles. The van der Waals surface area contributed by atoms with Gasteiger partial charge in [-0.1, -0.05) is 24.1 Å². The second-order valence-corrected chi connectivity index (χ2v) is 10.3. The maximum Gasteiger partial charge on any atom is 0.306 e. The van der Waals surface area contributed by atoms with Crippen LogP contribution in [0.4, 0.5) is 0 Å². The number of carbonyl (C=O) groups excluding carboxylic acids is 1. The lowest BCUT2D eigenvalue weighted by Gasteiger charge is -2.19. The summed E-state index contributed by atoms with van der Waals surface area (Å²) in [6.07, 6.45) is 3.00. The van der Waals surface area contributed by atoms with Crippen molar-refractivity contribution in [3.8, 4) is 0 Å². The van der Waals surface area contributed by atoms with Crippen LogP contribution in [0.2, 0.25) is 0 Å². The summed E-state index contributed by atoms with van der Waals surface area (Å²) >= 11 is 0. The third-order valence-electron chi connectivity index (χ3n) is 4.26. The highest BCUT2D eigenvalue weighted by molar-refractivity contribution is 7.86. The highest BCUT2D eigenvalue weighted by Crippen LogP contribution is 2.13. The Morgan fingerprint density at radius 2 is 1.40 bits per heavy atom. The first-order valence-electron chi connectivity index (χ1n) is 11.8. The minimum atomic E-state index is -3.80. The fourth-order valence-corrected chi connectivity index (χ4v) is 3.51. The van der Waals surface area contributed by atoms with E-state index in [-0.39, 0.29) is 37.5 Å². The van der Waals surface area contributed by atoms with Crippen LogP contribution in [0.15, 0.2) is 29.2 Å². The number of carbonyl (C=O) groups is 1. The molecular formula is C24H40O10S. The lowest BCUT2D eigenvalue weighted by atomic mass is 10.1. The maximum atomic E-state index is 12.0. The topological polar surface area (TPSA) is 116 Å². The van der Waals surface area contributed by atoms with Gasteiger partial charge in [0.2, 0.25) is 0 Å². The molecule has 10 nitrogen and oxygen atoms in total. The Hall–Kier alpha value is -1.60. The first-order chi connectivity index (χ1) is 16.6. The van der Waals surface area contributed by atoms with E-state index in [2.05, 4.69) is 0 Å². The summed E-state index contributed by atoms with van der Waals surface area (Å²) in [6, 6.07) is 6.39. The number of unbranched alkanes of at least 4 members (excludes halogenated alkanes) is 2. The molecule has 0 aliphatic rings. The SMILES string of the molecule is Cc1ccc(S(=O)(=O)OCCOCOOCCOCCOCCCCCC(=O)OC(C)(C)C)cc1. The predicted octanol–water partition coefficient (Wildman–Crippen LogP) is 3.56. The summed E-state index contributed by atoms with van der Waals surface area (Å²) in [4.78, 5) is 21.4. The average molecular weight is 521 g/mol. The number of aryl methyl sites for hydroxylation is 1. The van der Waals surface area contributed by atoms with E-state index >= 15 is 0 Å². The number of benzene rings is 1. The van der Waals surface area contributed by atoms with Gasteiger partial charge in [-0.25, -0.2) is 9.78 Å². The van der Waals surface area contributed by atoms with Crippen LogP contribution < -0.4 is 0 Å². The second-order valence-electron chi connectivity index (χ2n) is 8.68. The minimum absolute atomic E-state index is 0.0310. The van der Waals surface area contributed by atoms with Gasteiger partial charge in [-0.3, -0.25) is 8.98 Å². The molecule has 0 saturated carbocycles. The molecule has 0 bridgehead atoms. The zero-order chi connectivity index (χ0) is 26.0. The molecule has 1 aromatic rings. The number of esters is 1. The Morgan fingerprint density at radius 3 is 2.09 bits per heavy atom. The highest BCUT2D eigenvalue weighted by atomic mass is 32.2. The van der Waals surface area contributed by atoms with Crippen LogP contribution in [0.5, 0.6) is 0 Å². The number of ether oxygens (including phenoxy) is 4. The molecule has 0 aliphatic heterocycles. The van der Waals surface area contributed by atoms with Crippen LogP contribution in [0.3, 0.4) is 0 Å². The van der Waals surface area contributed by atoms with Gasteiger partial charge in [0.1, 0.15) is 12.2 Å². The van der Waals surface area contributed by atoms with E-state index in [1.807, 2.05) is 27.7 Å². The smallest absolute Gasteiger partial charge is 0.306 e. The Labute approximate surface area is 209 Å². The van der Waals surface area contributed by atoms with Crippen molar-refractivity contribution >= 4 is 16.1 Å². The predicted molar refractivity (Wildman–Crippen MR) is 128 cm³/mol. The van der Waals surface area contributed by atoms with Gasteiger partial charge in [-0.05, 0) is 52.7 Å². The molecule has 0 N–H and O–H groups in total. The summed E-state index contributed by atoms with van der Waals surface area (Å²) in [6.45, 7) is 9.26. The van der Waals surface area contributed by atoms with Crippen LogP contribution >= 0.6 is 0 Å². The van der Waals surface area contributed by atoms with E-state index in [1.165, 1.54) is 12.1 Å². The summed E-state index contributed by atoms with van der Waals surface area (Å²) in [5.41, 5.74) is 0.527. The minimum Gasteiger partial charge on any atom is -0.460 e. The summed E-state index contributed by atoms with van der Waals surface area (Å²) in [7, 11) is -3.80. The number of hydrogen-bond acceptors (Lipinski definition) is 10. The normalized spacial score (nSPS) is 12.1. The Kier molecular flexibility index (Phi) is 16.0. The van der Waals surface area contributed by atoms with E-state index in [1.54, 1.807) is 12.1 Å². The van der Waals surface area contributed by atoms with Crippen LogP contribution in [0, 0.1) is 6.92 Å². The first-order valence-corrected chi connectivity index (χ1v) is 13.2. The summed E-state index contributed by atoms with van der Waals surface area (Å²) in [5, 5.41) is 0. The zero-order valence-corrected chi connectivity index (χ0v) is 22.1. The molecule has 0 unspecified atom stereocenters. The van der Waals surface area contributed by atoms with Crippen LogP contribution in [-0.2, 0) is 47.8 Å². The summed E-state index contributed by atoms with van der Waals surface area (Å²) < 4.78 is 50.1. The molecule has 0 radical (unpaired) electrons. The van der Waals surface area contributed by atoms with Crippen molar-refractivity contribution in [1.29, 1.82) is 0 Å². The fraction of sp³-hybridized carbons (Fsp3) is 0.708. The van der Waals surface area contributed by atoms with Gasteiger partial charge < -0.3 is 18.9 Å². The molecule has 0 atom stereocenters. The molecule has 0 amide bonds. The van der Waals surface area contributed by atoms with E-state index in [0.717, 1.165) is 24.8 Å². The van der Waals surface area contributed by atoms with Crippen molar-refractivity contribution in [2.24, 2.45) is 0 Å².